The van der Waals surface area contributed by atoms with E-state index in [1.54, 1.807) is 11.0 Å². The van der Waals surface area contributed by atoms with Gasteiger partial charge in [0.25, 0.3) is 0 Å². The Hall–Kier alpha value is -1.74. The van der Waals surface area contributed by atoms with Crippen molar-refractivity contribution in [1.82, 2.24) is 4.90 Å². The van der Waals surface area contributed by atoms with E-state index in [1.807, 2.05) is 0 Å². The molecule has 1 aliphatic heterocycles. The Morgan fingerprint density at radius 3 is 2.58 bits per heavy atom. The fourth-order valence-electron chi connectivity index (χ4n) is 2.13. The Morgan fingerprint density at radius 2 is 2.00 bits per heavy atom. The van der Waals surface area contributed by atoms with Crippen molar-refractivity contribution in [2.24, 2.45) is 5.92 Å². The normalized spacial score (nSPS) is 24.3. The zero-order valence-corrected chi connectivity index (χ0v) is 10.2. The van der Waals surface area contributed by atoms with Gasteiger partial charge in [0.05, 0.1) is 19.3 Å². The molecule has 1 fully saturated rings. The van der Waals surface area contributed by atoms with E-state index in [1.165, 1.54) is 18.2 Å². The Balaban J connectivity index is 2.33. The molecule has 2 rings (SSSR count). The molecule has 0 saturated carbocycles. The largest absolute Gasteiger partial charge is 0.400 e. The van der Waals surface area contributed by atoms with Crippen molar-refractivity contribution in [2.75, 3.05) is 26.3 Å². The first-order valence-corrected chi connectivity index (χ1v) is 5.92. The van der Waals surface area contributed by atoms with Gasteiger partial charge >= 0.3 is 6.18 Å². The number of ether oxygens (including phenoxy) is 1. The van der Waals surface area contributed by atoms with Crippen molar-refractivity contribution < 1.29 is 17.9 Å². The van der Waals surface area contributed by atoms with Crippen LogP contribution in [0.5, 0.6) is 0 Å². The molecule has 1 unspecified atom stereocenters. The lowest BCUT2D eigenvalue weighted by Gasteiger charge is -2.34. The minimum atomic E-state index is -4.40. The van der Waals surface area contributed by atoms with E-state index >= 15 is 0 Å². The average Bonchev–Trinajstić information content (AvgIpc) is 2.61. The summed E-state index contributed by atoms with van der Waals surface area (Å²) in [6.07, 6.45) is 0.894. The van der Waals surface area contributed by atoms with Gasteiger partial charge in [-0.2, -0.15) is 18.4 Å². The molecule has 1 heterocycles. The van der Waals surface area contributed by atoms with Crippen LogP contribution in [-0.2, 0) is 4.74 Å². The Morgan fingerprint density at radius 1 is 1.32 bits per heavy atom. The Bertz CT molecular complexity index is 465. The topological polar surface area (TPSA) is 36.3 Å². The summed E-state index contributed by atoms with van der Waals surface area (Å²) in [7, 11) is 0. The number of nitriles is 1. The van der Waals surface area contributed by atoms with Gasteiger partial charge in [0.1, 0.15) is 5.92 Å². The van der Waals surface area contributed by atoms with Crippen molar-refractivity contribution in [2.45, 2.75) is 6.18 Å². The van der Waals surface area contributed by atoms with Crippen molar-refractivity contribution >= 4 is 0 Å². The number of nitrogens with zero attached hydrogens (tertiary/aromatic N) is 2. The van der Waals surface area contributed by atoms with E-state index in [-0.39, 0.29) is 11.3 Å². The third-order valence-electron chi connectivity index (χ3n) is 3.07. The van der Waals surface area contributed by atoms with Gasteiger partial charge < -0.3 is 9.64 Å². The lowest BCUT2D eigenvalue weighted by atomic mass is 10.0. The summed E-state index contributed by atoms with van der Waals surface area (Å²) in [5, 5.41) is 8.80. The standard InChI is InChI=1S/C13H13F3N2O/c14-13(15,16)11-8-10(9-17)2-1-3-12(11)18-4-6-19-7-5-18/h1-3,8,11H,4-7H2. The highest BCUT2D eigenvalue weighted by molar-refractivity contribution is 5.40. The Labute approximate surface area is 109 Å². The second kappa shape index (κ2) is 5.49. The molecule has 1 aliphatic carbocycles. The van der Waals surface area contributed by atoms with Gasteiger partial charge in [-0.05, 0) is 18.2 Å². The molecule has 0 aromatic carbocycles. The summed E-state index contributed by atoms with van der Waals surface area (Å²) in [6.45, 7) is 1.70. The van der Waals surface area contributed by atoms with Crippen LogP contribution >= 0.6 is 0 Å². The smallest absolute Gasteiger partial charge is 0.378 e. The number of alkyl halides is 3. The van der Waals surface area contributed by atoms with Gasteiger partial charge in [-0.3, -0.25) is 0 Å². The highest BCUT2D eigenvalue weighted by Crippen LogP contribution is 2.36. The van der Waals surface area contributed by atoms with Crippen LogP contribution < -0.4 is 0 Å². The van der Waals surface area contributed by atoms with Crippen LogP contribution in [0.4, 0.5) is 13.2 Å². The molecule has 3 nitrogen and oxygen atoms in total. The van der Waals surface area contributed by atoms with Crippen LogP contribution in [0.3, 0.4) is 0 Å². The van der Waals surface area contributed by atoms with Gasteiger partial charge in [0.2, 0.25) is 0 Å². The first-order valence-electron chi connectivity index (χ1n) is 5.92. The molecule has 19 heavy (non-hydrogen) atoms. The lowest BCUT2D eigenvalue weighted by Crippen LogP contribution is -2.40. The van der Waals surface area contributed by atoms with Crippen LogP contribution in [0.25, 0.3) is 0 Å². The number of hydrogen-bond donors (Lipinski definition) is 0. The number of halogens is 3. The van der Waals surface area contributed by atoms with E-state index in [0.717, 1.165) is 6.08 Å². The molecule has 0 radical (unpaired) electrons. The lowest BCUT2D eigenvalue weighted by molar-refractivity contribution is -0.157. The molecule has 2 aliphatic rings. The minimum Gasteiger partial charge on any atom is -0.378 e. The van der Waals surface area contributed by atoms with E-state index in [9.17, 15) is 13.2 Å². The Kier molecular flexibility index (Phi) is 3.96. The molecule has 0 aromatic heterocycles. The third-order valence-corrected chi connectivity index (χ3v) is 3.07. The average molecular weight is 270 g/mol. The highest BCUT2D eigenvalue weighted by Gasteiger charge is 2.43. The second-order valence-electron chi connectivity index (χ2n) is 4.30. The summed E-state index contributed by atoms with van der Waals surface area (Å²) in [4.78, 5) is 1.67. The molecule has 0 N–H and O–H groups in total. The molecule has 6 heteroatoms. The van der Waals surface area contributed by atoms with E-state index in [4.69, 9.17) is 10.00 Å². The molecule has 102 valence electrons. The quantitative estimate of drug-likeness (QED) is 0.734. The first kappa shape index (κ1) is 13.7. The summed E-state index contributed by atoms with van der Waals surface area (Å²) in [6, 6.07) is 1.77. The molecule has 0 amide bonds. The summed E-state index contributed by atoms with van der Waals surface area (Å²) in [5.41, 5.74) is 0.208. The van der Waals surface area contributed by atoms with Gasteiger partial charge in [-0.15, -0.1) is 0 Å². The maximum Gasteiger partial charge on any atom is 0.400 e. The van der Waals surface area contributed by atoms with E-state index in [2.05, 4.69) is 0 Å². The van der Waals surface area contributed by atoms with Crippen molar-refractivity contribution in [3.63, 3.8) is 0 Å². The fraction of sp³-hybridized carbons (Fsp3) is 0.462. The van der Waals surface area contributed by atoms with Gasteiger partial charge in [-0.25, -0.2) is 0 Å². The van der Waals surface area contributed by atoms with Crippen molar-refractivity contribution in [3.8, 4) is 6.07 Å². The molecule has 0 spiro atoms. The molecule has 0 bridgehead atoms. The van der Waals surface area contributed by atoms with Crippen LogP contribution in [0.1, 0.15) is 0 Å². The van der Waals surface area contributed by atoms with Gasteiger partial charge in [0.15, 0.2) is 0 Å². The van der Waals surface area contributed by atoms with Gasteiger partial charge in [-0.1, -0.05) is 6.08 Å². The molecular formula is C13H13F3N2O. The van der Waals surface area contributed by atoms with E-state index < -0.39 is 12.1 Å². The van der Waals surface area contributed by atoms with Crippen LogP contribution in [0.2, 0.25) is 0 Å². The number of morpholine rings is 1. The fourth-order valence-corrected chi connectivity index (χ4v) is 2.13. The monoisotopic (exact) mass is 270 g/mol. The summed E-state index contributed by atoms with van der Waals surface area (Å²) < 4.78 is 44.6. The maximum atomic E-state index is 13.2. The third kappa shape index (κ3) is 3.18. The van der Waals surface area contributed by atoms with Crippen LogP contribution in [0, 0.1) is 17.2 Å². The molecule has 0 aromatic rings. The highest BCUT2D eigenvalue weighted by atomic mass is 19.4. The molecular weight excluding hydrogens is 257 g/mol. The maximum absolute atomic E-state index is 13.2. The van der Waals surface area contributed by atoms with Crippen LogP contribution in [-0.4, -0.2) is 37.4 Å². The van der Waals surface area contributed by atoms with Crippen LogP contribution in [0.15, 0.2) is 35.6 Å². The number of rotatable bonds is 1. The predicted molar refractivity (Wildman–Crippen MR) is 62.9 cm³/mol. The first-order chi connectivity index (χ1) is 9.02. The van der Waals surface area contributed by atoms with Crippen molar-refractivity contribution in [1.29, 1.82) is 5.26 Å². The number of allylic oxidation sites excluding steroid dienone is 5. The minimum absolute atomic E-state index is 0.0295. The number of hydrogen-bond acceptors (Lipinski definition) is 3. The summed E-state index contributed by atoms with van der Waals surface area (Å²) >= 11 is 0. The van der Waals surface area contributed by atoms with Gasteiger partial charge in [0, 0.05) is 24.4 Å². The molecule has 1 saturated heterocycles. The molecule has 1 atom stereocenters. The second-order valence-corrected chi connectivity index (χ2v) is 4.30. The SMILES string of the molecule is N#CC1=CC(C(F)(F)F)C(N2CCOCC2)=CC=C1. The van der Waals surface area contributed by atoms with E-state index in [0.29, 0.717) is 26.3 Å². The zero-order valence-electron chi connectivity index (χ0n) is 10.2. The van der Waals surface area contributed by atoms with Crippen molar-refractivity contribution in [3.05, 3.63) is 35.6 Å². The summed E-state index contributed by atoms with van der Waals surface area (Å²) in [5.74, 6) is -1.74. The zero-order chi connectivity index (χ0) is 13.9. The predicted octanol–water partition coefficient (Wildman–Crippen LogP) is 2.40.